The maximum absolute atomic E-state index is 12.8. The molecule has 1 saturated carbocycles. The minimum Gasteiger partial charge on any atom is -0.491 e. The van der Waals surface area contributed by atoms with Crippen molar-refractivity contribution in [3.05, 3.63) is 64.1 Å². The van der Waals surface area contributed by atoms with E-state index in [1.165, 1.54) is 19.4 Å². The van der Waals surface area contributed by atoms with Crippen molar-refractivity contribution in [3.8, 4) is 5.75 Å². The van der Waals surface area contributed by atoms with Crippen LogP contribution in [0.2, 0.25) is 0 Å². The largest absolute Gasteiger partial charge is 0.491 e. The van der Waals surface area contributed by atoms with Gasteiger partial charge in [-0.05, 0) is 17.4 Å². The molecule has 2 aromatic rings. The number of pyridine rings is 1. The number of nitrogens with zero attached hydrogens (tertiary/aromatic N) is 1. The van der Waals surface area contributed by atoms with Gasteiger partial charge >= 0.3 is 0 Å². The number of aliphatic hydroxyl groups is 2. The van der Waals surface area contributed by atoms with Gasteiger partial charge in [0, 0.05) is 37.4 Å². The van der Waals surface area contributed by atoms with Gasteiger partial charge in [-0.25, -0.2) is 0 Å². The van der Waals surface area contributed by atoms with E-state index < -0.39 is 11.5 Å². The summed E-state index contributed by atoms with van der Waals surface area (Å²) in [7, 11) is 1.39. The Bertz CT molecular complexity index is 912. The highest BCUT2D eigenvalue weighted by molar-refractivity contribution is 5.92. The molecule has 3 N–H and O–H groups in total. The number of nitrogens with one attached hydrogen (secondary N) is 1. The van der Waals surface area contributed by atoms with Gasteiger partial charge in [-0.1, -0.05) is 30.3 Å². The fraction of sp³-hybridized carbons (Fsp3) is 0.400. The molecule has 2 aliphatic rings. The molecule has 2 heterocycles. The predicted molar refractivity (Wildman–Crippen MR) is 97.7 cm³/mol. The SMILES string of the molecule is COc1c[nH]c(C(=O)N2C[C@H](O)[C@@]3(C2)[C@H](CO)[C@H]3c2ccccc2)cc1=O. The lowest BCUT2D eigenvalue weighted by atomic mass is 9.95. The molecular weight excluding hydrogens is 348 g/mol. The van der Waals surface area contributed by atoms with Gasteiger partial charge < -0.3 is 24.8 Å². The van der Waals surface area contributed by atoms with Crippen molar-refractivity contribution in [3.63, 3.8) is 0 Å². The van der Waals surface area contributed by atoms with Crippen LogP contribution in [0.25, 0.3) is 0 Å². The summed E-state index contributed by atoms with van der Waals surface area (Å²) in [5.74, 6) is -0.300. The number of carbonyl (C=O) groups excluding carboxylic acids is 1. The number of likely N-dealkylation sites (tertiary alicyclic amines) is 1. The van der Waals surface area contributed by atoms with Crippen LogP contribution in [-0.2, 0) is 0 Å². The number of rotatable bonds is 4. The molecule has 1 aliphatic heterocycles. The molecule has 4 rings (SSSR count). The van der Waals surface area contributed by atoms with E-state index >= 15 is 0 Å². The quantitative estimate of drug-likeness (QED) is 0.731. The number of ether oxygens (including phenoxy) is 1. The molecule has 1 aromatic heterocycles. The van der Waals surface area contributed by atoms with E-state index in [2.05, 4.69) is 4.98 Å². The number of aliphatic hydroxyl groups excluding tert-OH is 2. The third-order valence-electron chi connectivity index (χ3n) is 6.01. The molecule has 4 atom stereocenters. The average molecular weight is 370 g/mol. The van der Waals surface area contributed by atoms with Crippen molar-refractivity contribution in [1.29, 1.82) is 0 Å². The van der Waals surface area contributed by atoms with E-state index in [-0.39, 0.29) is 47.8 Å². The normalized spacial score (nSPS) is 29.1. The van der Waals surface area contributed by atoms with Gasteiger partial charge in [0.1, 0.15) is 5.69 Å². The van der Waals surface area contributed by atoms with Crippen molar-refractivity contribution in [2.45, 2.75) is 12.0 Å². The summed E-state index contributed by atoms with van der Waals surface area (Å²) in [6.07, 6.45) is 0.631. The molecule has 1 spiro atoms. The van der Waals surface area contributed by atoms with Crippen LogP contribution in [0, 0.1) is 11.3 Å². The smallest absolute Gasteiger partial charge is 0.270 e. The lowest BCUT2D eigenvalue weighted by Crippen LogP contribution is -2.31. The Morgan fingerprint density at radius 2 is 2.11 bits per heavy atom. The lowest BCUT2D eigenvalue weighted by molar-refractivity contribution is 0.0758. The zero-order valence-corrected chi connectivity index (χ0v) is 15.0. The monoisotopic (exact) mass is 370 g/mol. The van der Waals surface area contributed by atoms with Crippen molar-refractivity contribution < 1.29 is 19.7 Å². The Hall–Kier alpha value is -2.64. The average Bonchev–Trinajstić information content (AvgIpc) is 3.22. The molecule has 2 fully saturated rings. The van der Waals surface area contributed by atoms with Crippen LogP contribution >= 0.6 is 0 Å². The molecule has 1 aromatic carbocycles. The summed E-state index contributed by atoms with van der Waals surface area (Å²) in [5, 5.41) is 20.6. The van der Waals surface area contributed by atoms with E-state index in [4.69, 9.17) is 4.74 Å². The van der Waals surface area contributed by atoms with E-state index in [0.29, 0.717) is 6.54 Å². The second-order valence-electron chi connectivity index (χ2n) is 7.27. The highest BCUT2D eigenvalue weighted by atomic mass is 16.5. The van der Waals surface area contributed by atoms with Crippen LogP contribution in [-0.4, -0.2) is 58.9 Å². The number of aromatic amines is 1. The predicted octanol–water partition coefficient (Wildman–Crippen LogP) is 0.592. The number of amides is 1. The van der Waals surface area contributed by atoms with Gasteiger partial charge in [0.2, 0.25) is 5.43 Å². The van der Waals surface area contributed by atoms with Crippen LogP contribution < -0.4 is 10.2 Å². The molecule has 0 bridgehead atoms. The van der Waals surface area contributed by atoms with Gasteiger partial charge in [-0.15, -0.1) is 0 Å². The van der Waals surface area contributed by atoms with Crippen LogP contribution in [0.1, 0.15) is 22.0 Å². The first kappa shape index (κ1) is 17.8. The summed E-state index contributed by atoms with van der Waals surface area (Å²) in [6.45, 7) is 0.469. The van der Waals surface area contributed by atoms with Gasteiger partial charge in [0.15, 0.2) is 5.75 Å². The van der Waals surface area contributed by atoms with Crippen LogP contribution in [0.3, 0.4) is 0 Å². The third kappa shape index (κ3) is 2.65. The highest BCUT2D eigenvalue weighted by Gasteiger charge is 2.71. The number of aromatic nitrogens is 1. The van der Waals surface area contributed by atoms with Gasteiger partial charge in [0.05, 0.1) is 13.2 Å². The van der Waals surface area contributed by atoms with Crippen molar-refractivity contribution in [2.24, 2.45) is 11.3 Å². The summed E-state index contributed by atoms with van der Waals surface area (Å²) in [4.78, 5) is 29.1. The second kappa shape index (κ2) is 6.51. The number of carbonyl (C=O) groups is 1. The summed E-state index contributed by atoms with van der Waals surface area (Å²) in [6, 6.07) is 11.0. The molecule has 1 aliphatic carbocycles. The first-order valence-electron chi connectivity index (χ1n) is 8.92. The van der Waals surface area contributed by atoms with E-state index in [1.807, 2.05) is 30.3 Å². The topological polar surface area (TPSA) is 103 Å². The summed E-state index contributed by atoms with van der Waals surface area (Å²) >= 11 is 0. The van der Waals surface area contributed by atoms with E-state index in [1.54, 1.807) is 4.90 Å². The fourth-order valence-corrected chi connectivity index (χ4v) is 4.63. The molecular formula is C20H22N2O5. The van der Waals surface area contributed by atoms with E-state index in [0.717, 1.165) is 5.56 Å². The zero-order chi connectivity index (χ0) is 19.2. The number of benzene rings is 1. The highest BCUT2D eigenvalue weighted by Crippen LogP contribution is 2.68. The molecule has 1 amide bonds. The Morgan fingerprint density at radius 1 is 1.37 bits per heavy atom. The van der Waals surface area contributed by atoms with Crippen LogP contribution in [0.4, 0.5) is 0 Å². The first-order chi connectivity index (χ1) is 13.0. The lowest BCUT2D eigenvalue weighted by Gasteiger charge is -2.17. The van der Waals surface area contributed by atoms with Gasteiger partial charge in [-0.3, -0.25) is 9.59 Å². The molecule has 0 unspecified atom stereocenters. The second-order valence-corrected chi connectivity index (χ2v) is 7.27. The Balaban J connectivity index is 1.59. The molecule has 27 heavy (non-hydrogen) atoms. The molecule has 0 radical (unpaired) electrons. The Morgan fingerprint density at radius 3 is 2.74 bits per heavy atom. The molecule has 7 heteroatoms. The van der Waals surface area contributed by atoms with Crippen LogP contribution in [0.15, 0.2) is 47.4 Å². The minimum atomic E-state index is -0.728. The number of H-pyrrole nitrogens is 1. The van der Waals surface area contributed by atoms with Crippen molar-refractivity contribution in [1.82, 2.24) is 9.88 Å². The maximum atomic E-state index is 12.8. The Kier molecular flexibility index (Phi) is 4.28. The minimum absolute atomic E-state index is 0.00594. The number of methoxy groups -OCH3 is 1. The van der Waals surface area contributed by atoms with Gasteiger partial charge in [-0.2, -0.15) is 0 Å². The van der Waals surface area contributed by atoms with Crippen LogP contribution in [0.5, 0.6) is 5.75 Å². The van der Waals surface area contributed by atoms with Gasteiger partial charge in [0.25, 0.3) is 5.91 Å². The zero-order valence-electron chi connectivity index (χ0n) is 15.0. The number of hydrogen-bond acceptors (Lipinski definition) is 5. The van der Waals surface area contributed by atoms with Crippen molar-refractivity contribution in [2.75, 3.05) is 26.8 Å². The number of hydrogen-bond donors (Lipinski definition) is 3. The number of β-amino-alcohol motifs (C(OH)–C–C–N with tert-alkyl or cyclic N) is 1. The summed E-state index contributed by atoms with van der Waals surface area (Å²) in [5.41, 5.74) is 0.291. The molecule has 142 valence electrons. The van der Waals surface area contributed by atoms with E-state index in [9.17, 15) is 19.8 Å². The molecule has 1 saturated heterocycles. The third-order valence-corrected chi connectivity index (χ3v) is 6.01. The van der Waals surface area contributed by atoms with Crippen molar-refractivity contribution >= 4 is 5.91 Å². The standard InChI is InChI=1S/C20H22N2O5/c1-27-16-8-21-14(7-15(16)24)19(26)22-9-17(25)20(11-22)13(10-23)18(20)12-5-3-2-4-6-12/h2-8,13,17-18,23,25H,9-11H2,1H3,(H,21,24)/t13-,17+,18-,20-/m1/s1. The molecule has 7 nitrogen and oxygen atoms in total. The first-order valence-corrected chi connectivity index (χ1v) is 8.92. The maximum Gasteiger partial charge on any atom is 0.270 e. The Labute approximate surface area is 156 Å². The summed E-state index contributed by atoms with van der Waals surface area (Å²) < 4.78 is 4.92. The fourth-order valence-electron chi connectivity index (χ4n) is 4.63.